The number of thiophene rings is 1. The smallest absolute Gasteiger partial charge is 0.348 e. The molecule has 2 aromatic rings. The molecule has 10 nitrogen and oxygen atoms in total. The van der Waals surface area contributed by atoms with Crippen molar-refractivity contribution in [3.05, 3.63) is 37.6 Å². The van der Waals surface area contributed by atoms with E-state index in [9.17, 15) is 19.2 Å². The van der Waals surface area contributed by atoms with Crippen molar-refractivity contribution in [1.82, 2.24) is 9.97 Å². The molecule has 12 heteroatoms. The summed E-state index contributed by atoms with van der Waals surface area (Å²) in [5.74, 6) is -1.89. The fourth-order valence-electron chi connectivity index (χ4n) is 2.59. The lowest BCUT2D eigenvalue weighted by Gasteiger charge is -2.07. The van der Waals surface area contributed by atoms with Crippen molar-refractivity contribution in [1.29, 1.82) is 0 Å². The number of carbonyl (C=O) groups excluding carboxylic acids is 3. The zero-order chi connectivity index (χ0) is 22.4. The molecule has 0 aliphatic rings. The van der Waals surface area contributed by atoms with Gasteiger partial charge in [-0.15, -0.1) is 11.3 Å². The van der Waals surface area contributed by atoms with Gasteiger partial charge in [-0.3, -0.25) is 9.59 Å². The summed E-state index contributed by atoms with van der Waals surface area (Å²) in [6.07, 6.45) is 0.191. The summed E-state index contributed by atoms with van der Waals surface area (Å²) < 4.78 is 9.45. The molecule has 0 saturated carbocycles. The highest BCUT2D eigenvalue weighted by Crippen LogP contribution is 2.34. The predicted molar refractivity (Wildman–Crippen MR) is 111 cm³/mol. The summed E-state index contributed by atoms with van der Waals surface area (Å²) in [6, 6.07) is 0. The van der Waals surface area contributed by atoms with Gasteiger partial charge in [-0.25, -0.2) is 14.6 Å². The number of rotatable bonds is 8. The van der Waals surface area contributed by atoms with Gasteiger partial charge in [0.25, 0.3) is 5.56 Å². The third-order valence-corrected chi connectivity index (χ3v) is 6.12. The number of nitrogens with zero attached hydrogens (tertiary/aromatic N) is 1. The quantitative estimate of drug-likeness (QED) is 0.304. The van der Waals surface area contributed by atoms with Crippen LogP contribution < -0.4 is 10.9 Å². The summed E-state index contributed by atoms with van der Waals surface area (Å²) in [6.45, 7) is 3.04. The number of hydrogen-bond acceptors (Lipinski definition) is 10. The van der Waals surface area contributed by atoms with Crippen molar-refractivity contribution >= 4 is 45.9 Å². The first-order valence-electron chi connectivity index (χ1n) is 8.66. The van der Waals surface area contributed by atoms with E-state index in [0.717, 1.165) is 23.1 Å². The average molecular weight is 456 g/mol. The Labute approximate surface area is 180 Å². The van der Waals surface area contributed by atoms with Crippen molar-refractivity contribution in [2.75, 3.05) is 31.9 Å². The van der Waals surface area contributed by atoms with Crippen LogP contribution in [0, 0.1) is 13.8 Å². The number of methoxy groups -OCH3 is 2. The Bertz CT molecular complexity index is 1030. The Hall–Kier alpha value is -2.70. The molecule has 0 spiro atoms. The Morgan fingerprint density at radius 2 is 1.87 bits per heavy atom. The fourth-order valence-corrected chi connectivity index (χ4v) is 4.43. The first-order valence-corrected chi connectivity index (χ1v) is 10.5. The van der Waals surface area contributed by atoms with Gasteiger partial charge in [0.1, 0.15) is 9.88 Å². The van der Waals surface area contributed by atoms with Crippen molar-refractivity contribution in [3.63, 3.8) is 0 Å². The number of carbonyl (C=O) groups is 3. The van der Waals surface area contributed by atoms with Crippen LogP contribution in [0.25, 0.3) is 0 Å². The predicted octanol–water partition coefficient (Wildman–Crippen LogP) is 1.29. The lowest BCUT2D eigenvalue weighted by Crippen LogP contribution is -2.20. The number of amides is 1. The molecule has 2 aromatic heterocycles. The van der Waals surface area contributed by atoms with Crippen LogP contribution in [0.3, 0.4) is 0 Å². The van der Waals surface area contributed by atoms with Crippen molar-refractivity contribution < 1.29 is 29.0 Å². The maximum Gasteiger partial charge on any atom is 0.348 e. The summed E-state index contributed by atoms with van der Waals surface area (Å²) in [7, 11) is 2.42. The molecule has 0 aliphatic carbocycles. The minimum atomic E-state index is -0.692. The third kappa shape index (κ3) is 5.26. The number of esters is 2. The Morgan fingerprint density at radius 3 is 2.43 bits per heavy atom. The molecule has 0 aliphatic heterocycles. The van der Waals surface area contributed by atoms with E-state index < -0.39 is 17.8 Å². The number of aromatic nitrogens is 2. The molecule has 0 aromatic carbocycles. The monoisotopic (exact) mass is 455 g/mol. The summed E-state index contributed by atoms with van der Waals surface area (Å²) in [5.41, 5.74) is 0.919. The van der Waals surface area contributed by atoms with Crippen molar-refractivity contribution in [3.8, 4) is 0 Å². The number of H-pyrrole nitrogens is 1. The first kappa shape index (κ1) is 23.6. The minimum absolute atomic E-state index is 0.0805. The molecule has 1 amide bonds. The second-order valence-corrected chi connectivity index (χ2v) is 7.97. The summed E-state index contributed by atoms with van der Waals surface area (Å²) in [5, 5.41) is 12.0. The Balaban J connectivity index is 2.18. The van der Waals surface area contributed by atoms with E-state index in [1.165, 1.54) is 14.2 Å². The van der Waals surface area contributed by atoms with Crippen molar-refractivity contribution in [2.24, 2.45) is 0 Å². The number of ether oxygens (including phenoxy) is 2. The maximum absolute atomic E-state index is 12.4. The van der Waals surface area contributed by atoms with E-state index in [-0.39, 0.29) is 44.9 Å². The molecule has 2 rings (SSSR count). The molecule has 0 atom stereocenters. The van der Waals surface area contributed by atoms with Gasteiger partial charge in [0.2, 0.25) is 5.91 Å². The number of hydrogen-bond donors (Lipinski definition) is 3. The van der Waals surface area contributed by atoms with Crippen LogP contribution in [-0.4, -0.2) is 59.5 Å². The van der Waals surface area contributed by atoms with Crippen LogP contribution in [0.15, 0.2) is 9.95 Å². The standard InChI is InChI=1S/C18H21N3O7S2/c1-8-12(16(25)27-3)15(30-13(8)17(26)28-4)20-11(23)7-29-18-19-9(2)10(5-6-22)14(24)21-18/h22H,5-7H2,1-4H3,(H,20,23)(H,19,21,24). The van der Waals surface area contributed by atoms with Gasteiger partial charge < -0.3 is 24.9 Å². The van der Waals surface area contributed by atoms with Crippen LogP contribution in [0.1, 0.15) is 36.9 Å². The topological polar surface area (TPSA) is 148 Å². The minimum Gasteiger partial charge on any atom is -0.465 e. The van der Waals surface area contributed by atoms with Gasteiger partial charge in [0.15, 0.2) is 5.16 Å². The van der Waals surface area contributed by atoms with E-state index in [1.807, 2.05) is 0 Å². The Kier molecular flexibility index (Phi) is 8.15. The maximum atomic E-state index is 12.4. The highest BCUT2D eigenvalue weighted by atomic mass is 32.2. The number of thioether (sulfide) groups is 1. The van der Waals surface area contributed by atoms with Crippen LogP contribution in [-0.2, 0) is 20.7 Å². The summed E-state index contributed by atoms with van der Waals surface area (Å²) >= 11 is 1.91. The van der Waals surface area contributed by atoms with E-state index in [4.69, 9.17) is 14.6 Å². The van der Waals surface area contributed by atoms with Gasteiger partial charge >= 0.3 is 11.9 Å². The van der Waals surface area contributed by atoms with Crippen LogP contribution in [0.5, 0.6) is 0 Å². The second-order valence-electron chi connectivity index (χ2n) is 5.99. The van der Waals surface area contributed by atoms with E-state index in [0.29, 0.717) is 16.8 Å². The molecule has 162 valence electrons. The largest absolute Gasteiger partial charge is 0.465 e. The highest BCUT2D eigenvalue weighted by molar-refractivity contribution is 7.99. The number of aliphatic hydroxyl groups is 1. The van der Waals surface area contributed by atoms with Crippen LogP contribution >= 0.6 is 23.1 Å². The SMILES string of the molecule is COC(=O)c1sc(NC(=O)CSc2nc(C)c(CCO)c(=O)[nH]2)c(C(=O)OC)c1C. The molecule has 0 unspecified atom stereocenters. The average Bonchev–Trinajstić information content (AvgIpc) is 3.03. The molecule has 3 N–H and O–H groups in total. The highest BCUT2D eigenvalue weighted by Gasteiger charge is 2.26. The van der Waals surface area contributed by atoms with Gasteiger partial charge in [0, 0.05) is 24.3 Å². The third-order valence-electron chi connectivity index (χ3n) is 4.06. The van der Waals surface area contributed by atoms with E-state index >= 15 is 0 Å². The molecule has 0 bridgehead atoms. The molecule has 2 heterocycles. The number of aryl methyl sites for hydroxylation is 1. The lowest BCUT2D eigenvalue weighted by molar-refractivity contribution is -0.113. The van der Waals surface area contributed by atoms with Crippen LogP contribution in [0.2, 0.25) is 0 Å². The number of aliphatic hydroxyl groups excluding tert-OH is 1. The molecule has 0 saturated heterocycles. The molecular formula is C18H21N3O7S2. The molecule has 0 fully saturated rings. The zero-order valence-corrected chi connectivity index (χ0v) is 18.4. The lowest BCUT2D eigenvalue weighted by atomic mass is 10.1. The summed E-state index contributed by atoms with van der Waals surface area (Å²) in [4.78, 5) is 55.5. The van der Waals surface area contributed by atoms with Crippen LogP contribution in [0.4, 0.5) is 5.00 Å². The van der Waals surface area contributed by atoms with E-state index in [1.54, 1.807) is 13.8 Å². The normalized spacial score (nSPS) is 10.6. The Morgan fingerprint density at radius 1 is 1.20 bits per heavy atom. The van der Waals surface area contributed by atoms with E-state index in [2.05, 4.69) is 15.3 Å². The first-order chi connectivity index (χ1) is 14.2. The van der Waals surface area contributed by atoms with Crippen molar-refractivity contribution in [2.45, 2.75) is 25.4 Å². The molecular weight excluding hydrogens is 434 g/mol. The number of aromatic amines is 1. The number of nitrogens with one attached hydrogen (secondary N) is 2. The molecule has 30 heavy (non-hydrogen) atoms. The second kappa shape index (κ2) is 10.4. The van der Waals surface area contributed by atoms with Gasteiger partial charge in [-0.2, -0.15) is 0 Å². The van der Waals surface area contributed by atoms with Gasteiger partial charge in [0.05, 0.1) is 25.5 Å². The zero-order valence-electron chi connectivity index (χ0n) is 16.8. The molecule has 0 radical (unpaired) electrons. The fraction of sp³-hybridized carbons (Fsp3) is 0.389. The van der Waals surface area contributed by atoms with Gasteiger partial charge in [-0.1, -0.05) is 11.8 Å². The number of anilines is 1. The van der Waals surface area contributed by atoms with Gasteiger partial charge in [-0.05, 0) is 19.4 Å².